The molecule has 3 aromatic rings. The number of rotatable bonds is 7. The molecule has 1 N–H and O–H groups in total. The van der Waals surface area contributed by atoms with Crippen molar-refractivity contribution in [2.24, 2.45) is 15.3 Å². The second kappa shape index (κ2) is 11.2. The molecule has 3 aromatic carbocycles. The molecule has 187 valence electrons. The van der Waals surface area contributed by atoms with Crippen molar-refractivity contribution in [3.05, 3.63) is 78.4 Å². The maximum absolute atomic E-state index is 12.8. The average Bonchev–Trinajstić information content (AvgIpc) is 3.11. The van der Waals surface area contributed by atoms with E-state index in [0.717, 1.165) is 22.7 Å². The number of hydrogen-bond acceptors (Lipinski definition) is 9. The Morgan fingerprint density at radius 3 is 2.00 bits per heavy atom. The van der Waals surface area contributed by atoms with E-state index in [4.69, 9.17) is 8.74 Å². The molecule has 0 saturated heterocycles. The second-order valence-electron chi connectivity index (χ2n) is 7.82. The first-order valence-corrected chi connectivity index (χ1v) is 13.3. The smallest absolute Gasteiger partial charge is 0.339 e. The Morgan fingerprint density at radius 2 is 1.43 bits per heavy atom. The van der Waals surface area contributed by atoms with Crippen LogP contribution in [0.3, 0.4) is 0 Å². The number of carbonyl (C=O) groups excluding carboxylic acids is 1. The fourth-order valence-electron chi connectivity index (χ4n) is 3.21. The van der Waals surface area contributed by atoms with Crippen LogP contribution in [0.2, 0.25) is 0 Å². The summed E-state index contributed by atoms with van der Waals surface area (Å²) in [6.45, 7) is 3.44. The van der Waals surface area contributed by atoms with Crippen molar-refractivity contribution in [1.82, 2.24) is 0 Å². The zero-order valence-electron chi connectivity index (χ0n) is 20.0. The first kappa shape index (κ1) is 28.6. The molecule has 0 spiro atoms. The Morgan fingerprint density at radius 1 is 0.865 bits per heavy atom. The Bertz CT molecular complexity index is 1570. The first-order chi connectivity index (χ1) is 16.9. The Labute approximate surface area is 236 Å². The molecule has 14 heteroatoms. The molecule has 1 unspecified atom stereocenters. The van der Waals surface area contributed by atoms with E-state index < -0.39 is 32.2 Å². The van der Waals surface area contributed by atoms with Crippen molar-refractivity contribution in [2.45, 2.75) is 29.7 Å². The maximum Gasteiger partial charge on any atom is 0.339 e. The third-order valence-electron chi connectivity index (χ3n) is 5.12. The largest absolute Gasteiger partial charge is 0.379 e. The minimum absolute atomic E-state index is 0. The predicted molar refractivity (Wildman–Crippen MR) is 136 cm³/mol. The number of azo groups is 1. The number of benzene rings is 3. The SMILES string of the molecule is CC1=NN(c2ccc(S(=O)(=O)O)cc2)C(=O)C1N=Nc1ccc(OS(=O)(=O)c2ccc(C)cc2)cc1.[Na]. The molecule has 0 saturated carbocycles. The van der Waals surface area contributed by atoms with Crippen LogP contribution >= 0.6 is 0 Å². The molecule has 4 rings (SSSR count). The van der Waals surface area contributed by atoms with Crippen molar-refractivity contribution in [3.8, 4) is 5.75 Å². The molecular formula is C23H20N4NaO7S2. The van der Waals surface area contributed by atoms with Crippen LogP contribution in [0.25, 0.3) is 0 Å². The van der Waals surface area contributed by atoms with Gasteiger partial charge in [0.15, 0.2) is 6.04 Å². The van der Waals surface area contributed by atoms with Gasteiger partial charge in [-0.25, -0.2) is 0 Å². The van der Waals surface area contributed by atoms with Crippen molar-refractivity contribution >= 4 is 72.8 Å². The number of nitrogens with zero attached hydrogens (tertiary/aromatic N) is 4. The summed E-state index contributed by atoms with van der Waals surface area (Å²) in [6.07, 6.45) is 0. The molecule has 0 bridgehead atoms. The van der Waals surface area contributed by atoms with Crippen LogP contribution in [0.4, 0.5) is 11.4 Å². The molecule has 1 aliphatic rings. The molecule has 1 heterocycles. The third-order valence-corrected chi connectivity index (χ3v) is 7.25. The molecular weight excluding hydrogens is 531 g/mol. The van der Waals surface area contributed by atoms with Gasteiger partial charge in [0, 0.05) is 29.6 Å². The molecule has 37 heavy (non-hydrogen) atoms. The number of hydrogen-bond donors (Lipinski definition) is 1. The van der Waals surface area contributed by atoms with Gasteiger partial charge in [-0.2, -0.15) is 37.2 Å². The van der Waals surface area contributed by atoms with E-state index in [1.54, 1.807) is 19.1 Å². The van der Waals surface area contributed by atoms with Crippen LogP contribution in [-0.2, 0) is 25.0 Å². The van der Waals surface area contributed by atoms with Gasteiger partial charge in [0.05, 0.1) is 22.0 Å². The van der Waals surface area contributed by atoms with Crippen LogP contribution in [0.5, 0.6) is 5.75 Å². The molecule has 1 radical (unpaired) electrons. The van der Waals surface area contributed by atoms with Crippen molar-refractivity contribution < 1.29 is 30.4 Å². The average molecular weight is 552 g/mol. The van der Waals surface area contributed by atoms with Gasteiger partial charge >= 0.3 is 10.1 Å². The van der Waals surface area contributed by atoms with Crippen molar-refractivity contribution in [3.63, 3.8) is 0 Å². The second-order valence-corrected chi connectivity index (χ2v) is 10.8. The minimum Gasteiger partial charge on any atom is -0.379 e. The zero-order valence-corrected chi connectivity index (χ0v) is 23.6. The number of anilines is 1. The molecule has 1 aliphatic heterocycles. The van der Waals surface area contributed by atoms with Crippen LogP contribution in [0.15, 0.2) is 97.9 Å². The zero-order chi connectivity index (χ0) is 26.1. The topological polar surface area (TPSA) is 155 Å². The summed E-state index contributed by atoms with van der Waals surface area (Å²) < 4.78 is 61.5. The molecule has 0 aliphatic carbocycles. The maximum atomic E-state index is 12.8. The number of amides is 1. The van der Waals surface area contributed by atoms with E-state index in [2.05, 4.69) is 15.3 Å². The van der Waals surface area contributed by atoms with E-state index in [9.17, 15) is 21.6 Å². The monoisotopic (exact) mass is 551 g/mol. The van der Waals surface area contributed by atoms with Crippen molar-refractivity contribution in [1.29, 1.82) is 0 Å². The Kier molecular flexibility index (Phi) is 8.67. The molecule has 1 atom stereocenters. The van der Waals surface area contributed by atoms with Crippen molar-refractivity contribution in [2.75, 3.05) is 5.01 Å². The first-order valence-electron chi connectivity index (χ1n) is 10.4. The summed E-state index contributed by atoms with van der Waals surface area (Å²) in [6, 6.07) is 16.1. The summed E-state index contributed by atoms with van der Waals surface area (Å²) in [7, 11) is -8.36. The molecule has 0 fully saturated rings. The Balaban J connectivity index is 0.00000380. The molecule has 11 nitrogen and oxygen atoms in total. The summed E-state index contributed by atoms with van der Waals surface area (Å²) >= 11 is 0. The third kappa shape index (κ3) is 6.69. The number of aryl methyl sites for hydroxylation is 1. The van der Waals surface area contributed by atoms with Crippen LogP contribution < -0.4 is 9.19 Å². The summed E-state index contributed by atoms with van der Waals surface area (Å²) in [5.41, 5.74) is 1.93. The van der Waals surface area contributed by atoms with E-state index in [-0.39, 0.29) is 45.1 Å². The van der Waals surface area contributed by atoms with Gasteiger partial charge in [0.25, 0.3) is 16.0 Å². The van der Waals surface area contributed by atoms with Crippen LogP contribution in [0.1, 0.15) is 12.5 Å². The molecule has 0 aromatic heterocycles. The van der Waals surface area contributed by atoms with Gasteiger partial charge in [-0.3, -0.25) is 9.35 Å². The van der Waals surface area contributed by atoms with Gasteiger partial charge in [-0.05, 0) is 74.5 Å². The van der Waals surface area contributed by atoms with Gasteiger partial charge in [0.1, 0.15) is 10.6 Å². The van der Waals surface area contributed by atoms with Crippen LogP contribution in [-0.4, -0.2) is 68.6 Å². The van der Waals surface area contributed by atoms with Gasteiger partial charge in [-0.15, -0.1) is 0 Å². The quantitative estimate of drug-likeness (QED) is 0.204. The fourth-order valence-corrected chi connectivity index (χ4v) is 4.62. The Hall–Kier alpha value is -2.94. The van der Waals surface area contributed by atoms with Gasteiger partial charge in [0.2, 0.25) is 0 Å². The summed E-state index contributed by atoms with van der Waals surface area (Å²) in [5, 5.41) is 13.3. The summed E-state index contributed by atoms with van der Waals surface area (Å²) in [5.74, 6) is -0.413. The standard InChI is InChI=1S/C23H20N4O7S2.Na/c1-15-3-11-21(12-4-15)36(32,33)34-19-9-5-17(6-10-19)24-25-22-16(2)26-27(23(22)28)18-7-13-20(14-8-18)35(29,30)31;/h3-14,22H,1-2H3,(H,29,30,31);. The molecule has 1 amide bonds. The fraction of sp³-hybridized carbons (Fsp3) is 0.130. The number of hydrazone groups is 1. The predicted octanol–water partition coefficient (Wildman–Crippen LogP) is 3.50. The normalized spacial score (nSPS) is 16.0. The number of carbonyl (C=O) groups is 1. The van der Waals surface area contributed by atoms with Gasteiger partial charge < -0.3 is 4.18 Å². The summed E-state index contributed by atoms with van der Waals surface area (Å²) in [4.78, 5) is 12.5. The van der Waals surface area contributed by atoms with E-state index in [1.165, 1.54) is 48.5 Å². The minimum atomic E-state index is -4.36. The van der Waals surface area contributed by atoms with E-state index >= 15 is 0 Å². The van der Waals surface area contributed by atoms with E-state index in [1.807, 2.05) is 6.92 Å². The van der Waals surface area contributed by atoms with Crippen LogP contribution in [0, 0.1) is 6.92 Å². The van der Waals surface area contributed by atoms with Gasteiger partial charge in [-0.1, -0.05) is 17.7 Å². The van der Waals surface area contributed by atoms with E-state index in [0.29, 0.717) is 17.1 Å².